The Morgan fingerprint density at radius 2 is 1.60 bits per heavy atom. The molecule has 2 amide bonds. The van der Waals surface area contributed by atoms with Crippen LogP contribution in [0.3, 0.4) is 0 Å². The van der Waals surface area contributed by atoms with Gasteiger partial charge in [-0.2, -0.15) is 5.10 Å². The van der Waals surface area contributed by atoms with Crippen molar-refractivity contribution in [1.82, 2.24) is 19.6 Å². The molecule has 0 spiro atoms. The Kier molecular flexibility index (Phi) is 4.52. The fourth-order valence-corrected chi connectivity index (χ4v) is 4.36. The average molecular weight is 344 g/mol. The maximum absolute atomic E-state index is 12.9. The third kappa shape index (κ3) is 3.31. The van der Waals surface area contributed by atoms with E-state index in [0.29, 0.717) is 38.0 Å². The van der Waals surface area contributed by atoms with Gasteiger partial charge in [-0.1, -0.05) is 19.3 Å². The van der Waals surface area contributed by atoms with Crippen LogP contribution in [0.1, 0.15) is 66.9 Å². The molecule has 0 atom stereocenters. The van der Waals surface area contributed by atoms with Gasteiger partial charge in [0.15, 0.2) is 0 Å². The number of hydrogen-bond acceptors (Lipinski definition) is 3. The Morgan fingerprint density at radius 1 is 0.960 bits per heavy atom. The Balaban J connectivity index is 1.37. The SMILES string of the molecule is Cn1ncc(C(=O)N2CCN(C(=O)C3CCCCC3)CC2)c1C1CC1. The summed E-state index contributed by atoms with van der Waals surface area (Å²) in [7, 11) is 1.92. The average Bonchev–Trinajstić information content (AvgIpc) is 3.43. The molecule has 2 aliphatic carbocycles. The second-order valence-corrected chi connectivity index (χ2v) is 7.79. The second-order valence-electron chi connectivity index (χ2n) is 7.79. The van der Waals surface area contributed by atoms with Crippen molar-refractivity contribution in [3.8, 4) is 0 Å². The van der Waals surface area contributed by atoms with Crippen molar-refractivity contribution in [2.75, 3.05) is 26.2 Å². The van der Waals surface area contributed by atoms with E-state index in [0.717, 1.165) is 36.9 Å². The first kappa shape index (κ1) is 16.6. The molecule has 2 saturated carbocycles. The summed E-state index contributed by atoms with van der Waals surface area (Å²) in [5, 5.41) is 4.30. The van der Waals surface area contributed by atoms with Crippen LogP contribution in [-0.2, 0) is 11.8 Å². The quantitative estimate of drug-likeness (QED) is 0.844. The number of hydrogen-bond donors (Lipinski definition) is 0. The van der Waals surface area contributed by atoms with Gasteiger partial charge in [0.25, 0.3) is 5.91 Å². The lowest BCUT2D eigenvalue weighted by Crippen LogP contribution is -2.52. The van der Waals surface area contributed by atoms with E-state index in [4.69, 9.17) is 0 Å². The first-order valence-electron chi connectivity index (χ1n) is 9.75. The van der Waals surface area contributed by atoms with Crippen LogP contribution in [0.2, 0.25) is 0 Å². The van der Waals surface area contributed by atoms with E-state index < -0.39 is 0 Å². The molecule has 0 unspecified atom stereocenters. The van der Waals surface area contributed by atoms with E-state index in [9.17, 15) is 9.59 Å². The molecule has 0 aromatic carbocycles. The Morgan fingerprint density at radius 3 is 2.24 bits per heavy atom. The van der Waals surface area contributed by atoms with Gasteiger partial charge in [0.1, 0.15) is 0 Å². The minimum Gasteiger partial charge on any atom is -0.339 e. The van der Waals surface area contributed by atoms with E-state index in [1.807, 2.05) is 21.5 Å². The lowest BCUT2D eigenvalue weighted by Gasteiger charge is -2.37. The van der Waals surface area contributed by atoms with Crippen molar-refractivity contribution in [2.24, 2.45) is 13.0 Å². The van der Waals surface area contributed by atoms with E-state index in [1.54, 1.807) is 6.20 Å². The van der Waals surface area contributed by atoms with Gasteiger partial charge in [-0.3, -0.25) is 14.3 Å². The molecule has 0 radical (unpaired) electrons. The van der Waals surface area contributed by atoms with E-state index in [1.165, 1.54) is 19.3 Å². The molecule has 6 nitrogen and oxygen atoms in total. The van der Waals surface area contributed by atoms with Crippen LogP contribution in [0, 0.1) is 5.92 Å². The summed E-state index contributed by atoms with van der Waals surface area (Å²) in [4.78, 5) is 29.5. The van der Waals surface area contributed by atoms with Crippen LogP contribution in [0.25, 0.3) is 0 Å². The molecule has 1 aliphatic heterocycles. The molecule has 1 aromatic heterocycles. The fourth-order valence-electron chi connectivity index (χ4n) is 4.36. The van der Waals surface area contributed by atoms with Crippen molar-refractivity contribution in [1.29, 1.82) is 0 Å². The molecule has 1 saturated heterocycles. The number of rotatable bonds is 3. The predicted octanol–water partition coefficient (Wildman–Crippen LogP) is 2.16. The van der Waals surface area contributed by atoms with Crippen LogP contribution >= 0.6 is 0 Å². The van der Waals surface area contributed by atoms with Crippen LogP contribution in [0.15, 0.2) is 6.20 Å². The third-order valence-corrected chi connectivity index (χ3v) is 6.01. The number of amides is 2. The lowest BCUT2D eigenvalue weighted by molar-refractivity contribution is -0.138. The van der Waals surface area contributed by atoms with E-state index in [-0.39, 0.29) is 11.8 Å². The maximum Gasteiger partial charge on any atom is 0.257 e. The van der Waals surface area contributed by atoms with Crippen molar-refractivity contribution in [2.45, 2.75) is 50.9 Å². The van der Waals surface area contributed by atoms with Crippen LogP contribution < -0.4 is 0 Å². The minimum atomic E-state index is 0.0831. The molecule has 4 rings (SSSR count). The molecule has 0 bridgehead atoms. The number of carbonyl (C=O) groups excluding carboxylic acids is 2. The molecule has 3 aliphatic rings. The third-order valence-electron chi connectivity index (χ3n) is 6.01. The van der Waals surface area contributed by atoms with Crippen molar-refractivity contribution in [3.05, 3.63) is 17.5 Å². The fraction of sp³-hybridized carbons (Fsp3) is 0.737. The van der Waals surface area contributed by atoms with Gasteiger partial charge in [0.2, 0.25) is 5.91 Å². The van der Waals surface area contributed by atoms with Gasteiger partial charge in [-0.15, -0.1) is 0 Å². The molecular weight excluding hydrogens is 316 g/mol. The molecule has 0 N–H and O–H groups in total. The van der Waals surface area contributed by atoms with Crippen molar-refractivity contribution < 1.29 is 9.59 Å². The molecule has 2 heterocycles. The lowest BCUT2D eigenvalue weighted by atomic mass is 9.88. The zero-order valence-corrected chi connectivity index (χ0v) is 15.1. The highest BCUT2D eigenvalue weighted by molar-refractivity contribution is 5.95. The van der Waals surface area contributed by atoms with Crippen molar-refractivity contribution in [3.63, 3.8) is 0 Å². The van der Waals surface area contributed by atoms with Gasteiger partial charge >= 0.3 is 0 Å². The highest BCUT2D eigenvalue weighted by atomic mass is 16.2. The van der Waals surface area contributed by atoms with E-state index >= 15 is 0 Å². The van der Waals surface area contributed by atoms with Gasteiger partial charge < -0.3 is 9.80 Å². The smallest absolute Gasteiger partial charge is 0.257 e. The number of nitrogens with zero attached hydrogens (tertiary/aromatic N) is 4. The van der Waals surface area contributed by atoms with Gasteiger partial charge in [-0.25, -0.2) is 0 Å². The largest absolute Gasteiger partial charge is 0.339 e. The zero-order valence-electron chi connectivity index (χ0n) is 15.1. The van der Waals surface area contributed by atoms with Crippen LogP contribution in [0.5, 0.6) is 0 Å². The molecule has 136 valence electrons. The standard InChI is InChI=1S/C19H28N4O2/c1-21-17(14-7-8-14)16(13-20-21)19(25)23-11-9-22(10-12-23)18(24)15-5-3-2-4-6-15/h13-15H,2-12H2,1H3. The monoisotopic (exact) mass is 344 g/mol. The van der Waals surface area contributed by atoms with Crippen LogP contribution in [-0.4, -0.2) is 57.6 Å². The highest BCUT2D eigenvalue weighted by Crippen LogP contribution is 2.41. The summed E-state index contributed by atoms with van der Waals surface area (Å²) < 4.78 is 1.85. The first-order chi connectivity index (χ1) is 12.1. The highest BCUT2D eigenvalue weighted by Gasteiger charge is 2.35. The summed E-state index contributed by atoms with van der Waals surface area (Å²) in [5.74, 6) is 1.11. The molecule has 3 fully saturated rings. The number of aromatic nitrogens is 2. The minimum absolute atomic E-state index is 0.0831. The number of aryl methyl sites for hydroxylation is 1. The Labute approximate surface area is 149 Å². The summed E-state index contributed by atoms with van der Waals surface area (Å²) >= 11 is 0. The van der Waals surface area contributed by atoms with E-state index in [2.05, 4.69) is 5.10 Å². The Hall–Kier alpha value is -1.85. The van der Waals surface area contributed by atoms with Gasteiger partial charge in [0.05, 0.1) is 17.5 Å². The summed E-state index contributed by atoms with van der Waals surface area (Å²) in [6.45, 7) is 2.60. The summed E-state index contributed by atoms with van der Waals surface area (Å²) in [6, 6.07) is 0. The Bertz CT molecular complexity index is 650. The normalized spacial score (nSPS) is 22.3. The predicted molar refractivity (Wildman–Crippen MR) is 94.2 cm³/mol. The summed E-state index contributed by atoms with van der Waals surface area (Å²) in [6.07, 6.45) is 9.74. The number of carbonyl (C=O) groups is 2. The second kappa shape index (κ2) is 6.81. The van der Waals surface area contributed by atoms with Gasteiger partial charge in [0, 0.05) is 45.1 Å². The van der Waals surface area contributed by atoms with Gasteiger partial charge in [-0.05, 0) is 25.7 Å². The van der Waals surface area contributed by atoms with Crippen molar-refractivity contribution >= 4 is 11.8 Å². The molecule has 6 heteroatoms. The summed E-state index contributed by atoms with van der Waals surface area (Å²) in [5.41, 5.74) is 1.85. The number of piperazine rings is 1. The topological polar surface area (TPSA) is 58.4 Å². The zero-order chi connectivity index (χ0) is 17.4. The first-order valence-corrected chi connectivity index (χ1v) is 9.75. The molecule has 25 heavy (non-hydrogen) atoms. The maximum atomic E-state index is 12.9. The molecule has 1 aromatic rings. The van der Waals surface area contributed by atoms with Crippen LogP contribution in [0.4, 0.5) is 0 Å². The molecular formula is C19H28N4O2.